The second kappa shape index (κ2) is 5.10. The maximum absolute atomic E-state index is 12.9. The number of aliphatic hydroxyl groups excluding tert-OH is 1. The van der Waals surface area contributed by atoms with Crippen molar-refractivity contribution in [3.8, 4) is 5.69 Å². The molecule has 0 unspecified atom stereocenters. The van der Waals surface area contributed by atoms with Crippen molar-refractivity contribution in [1.29, 1.82) is 0 Å². The van der Waals surface area contributed by atoms with Gasteiger partial charge in [-0.05, 0) is 31.0 Å². The molecular formula is C13H12ClF3N2O. The van der Waals surface area contributed by atoms with Gasteiger partial charge in [-0.25, -0.2) is 4.68 Å². The molecule has 2 rings (SSSR count). The molecule has 7 heteroatoms. The average Bonchev–Trinajstić information content (AvgIpc) is 2.69. The molecule has 3 nitrogen and oxygen atoms in total. The number of benzene rings is 1. The highest BCUT2D eigenvalue weighted by molar-refractivity contribution is 6.30. The van der Waals surface area contributed by atoms with Gasteiger partial charge >= 0.3 is 6.18 Å². The Bertz CT molecular complexity index is 650. The Balaban J connectivity index is 2.70. The summed E-state index contributed by atoms with van der Waals surface area (Å²) >= 11 is 5.93. The zero-order chi connectivity index (χ0) is 15.1. The number of halogens is 4. The van der Waals surface area contributed by atoms with Gasteiger partial charge in [0, 0.05) is 5.56 Å². The van der Waals surface area contributed by atoms with Gasteiger partial charge in [0.25, 0.3) is 0 Å². The van der Waals surface area contributed by atoms with E-state index in [-0.39, 0.29) is 5.15 Å². The van der Waals surface area contributed by atoms with Gasteiger partial charge in [0.05, 0.1) is 12.3 Å². The number of alkyl halides is 3. The van der Waals surface area contributed by atoms with E-state index in [2.05, 4.69) is 5.10 Å². The first-order chi connectivity index (χ1) is 9.25. The SMILES string of the molecule is Cc1ccc(C)c(-n2nc(C(F)(F)F)c(CO)c2Cl)c1. The lowest BCUT2D eigenvalue weighted by molar-refractivity contribution is -0.142. The Morgan fingerprint density at radius 2 is 1.95 bits per heavy atom. The fraction of sp³-hybridized carbons (Fsp3) is 0.308. The average molecular weight is 305 g/mol. The monoisotopic (exact) mass is 304 g/mol. The zero-order valence-corrected chi connectivity index (χ0v) is 11.5. The molecule has 1 aromatic heterocycles. The van der Waals surface area contributed by atoms with Gasteiger partial charge in [-0.1, -0.05) is 23.7 Å². The van der Waals surface area contributed by atoms with Crippen LogP contribution in [0.3, 0.4) is 0 Å². The van der Waals surface area contributed by atoms with E-state index >= 15 is 0 Å². The van der Waals surface area contributed by atoms with Crippen molar-refractivity contribution in [2.45, 2.75) is 26.6 Å². The zero-order valence-electron chi connectivity index (χ0n) is 10.8. The van der Waals surface area contributed by atoms with Crippen LogP contribution in [0.15, 0.2) is 18.2 Å². The molecule has 0 aliphatic rings. The number of nitrogens with zero attached hydrogens (tertiary/aromatic N) is 2. The first-order valence-electron chi connectivity index (χ1n) is 5.78. The normalized spacial score (nSPS) is 11.9. The van der Waals surface area contributed by atoms with E-state index in [1.54, 1.807) is 19.1 Å². The second-order valence-corrected chi connectivity index (χ2v) is 4.83. The van der Waals surface area contributed by atoms with E-state index in [4.69, 9.17) is 16.7 Å². The molecule has 0 bridgehead atoms. The van der Waals surface area contributed by atoms with Gasteiger partial charge in [0.15, 0.2) is 5.69 Å². The Morgan fingerprint density at radius 3 is 2.45 bits per heavy atom. The molecule has 0 aliphatic heterocycles. The van der Waals surface area contributed by atoms with Crippen LogP contribution in [-0.4, -0.2) is 14.9 Å². The topological polar surface area (TPSA) is 38.0 Å². The summed E-state index contributed by atoms with van der Waals surface area (Å²) < 4.78 is 39.6. The summed E-state index contributed by atoms with van der Waals surface area (Å²) in [5.41, 5.74) is 0.487. The van der Waals surface area contributed by atoms with Crippen LogP contribution in [0.25, 0.3) is 5.69 Å². The van der Waals surface area contributed by atoms with Crippen LogP contribution in [0.4, 0.5) is 13.2 Å². The largest absolute Gasteiger partial charge is 0.435 e. The molecule has 108 valence electrons. The van der Waals surface area contributed by atoms with Gasteiger partial charge in [-0.2, -0.15) is 18.3 Å². The number of rotatable bonds is 2. The minimum Gasteiger partial charge on any atom is -0.391 e. The first-order valence-corrected chi connectivity index (χ1v) is 6.16. The number of aliphatic hydroxyl groups is 1. The van der Waals surface area contributed by atoms with Crippen LogP contribution < -0.4 is 0 Å². The molecular weight excluding hydrogens is 293 g/mol. The van der Waals surface area contributed by atoms with Crippen molar-refractivity contribution in [2.75, 3.05) is 0 Å². The third-order valence-electron chi connectivity index (χ3n) is 2.94. The van der Waals surface area contributed by atoms with Crippen LogP contribution >= 0.6 is 11.6 Å². The van der Waals surface area contributed by atoms with Gasteiger partial charge in [-0.3, -0.25) is 0 Å². The summed E-state index contributed by atoms with van der Waals surface area (Å²) in [5.74, 6) is 0. The van der Waals surface area contributed by atoms with Crippen molar-refractivity contribution in [2.24, 2.45) is 0 Å². The van der Waals surface area contributed by atoms with Gasteiger partial charge in [-0.15, -0.1) is 0 Å². The maximum atomic E-state index is 12.9. The summed E-state index contributed by atoms with van der Waals surface area (Å²) in [7, 11) is 0. The second-order valence-electron chi connectivity index (χ2n) is 4.48. The molecule has 1 aromatic carbocycles. The fourth-order valence-corrected chi connectivity index (χ4v) is 2.18. The predicted octanol–water partition coefficient (Wildman–Crippen LogP) is 3.65. The Hall–Kier alpha value is -1.53. The minimum atomic E-state index is -4.66. The highest BCUT2D eigenvalue weighted by Gasteiger charge is 2.39. The van der Waals surface area contributed by atoms with Crippen molar-refractivity contribution >= 4 is 11.6 Å². The van der Waals surface area contributed by atoms with Crippen molar-refractivity contribution < 1.29 is 18.3 Å². The maximum Gasteiger partial charge on any atom is 0.435 e. The molecule has 20 heavy (non-hydrogen) atoms. The van der Waals surface area contributed by atoms with Gasteiger partial charge < -0.3 is 5.11 Å². The third-order valence-corrected chi connectivity index (χ3v) is 3.33. The summed E-state index contributed by atoms with van der Waals surface area (Å²) in [5, 5.41) is 12.4. The molecule has 0 saturated carbocycles. The summed E-state index contributed by atoms with van der Waals surface area (Å²) in [4.78, 5) is 0. The van der Waals surface area contributed by atoms with Crippen LogP contribution in [-0.2, 0) is 12.8 Å². The molecule has 1 N–H and O–H groups in total. The van der Waals surface area contributed by atoms with Crippen LogP contribution in [0.5, 0.6) is 0 Å². The molecule has 2 aromatic rings. The van der Waals surface area contributed by atoms with Crippen LogP contribution in [0, 0.1) is 13.8 Å². The number of aromatic nitrogens is 2. The van der Waals surface area contributed by atoms with Crippen LogP contribution in [0.1, 0.15) is 22.4 Å². The standard InChI is InChI=1S/C13H12ClF3N2O/c1-7-3-4-8(2)10(5-7)19-12(14)9(6-20)11(18-19)13(15,16)17/h3-5,20H,6H2,1-2H3. The van der Waals surface area contributed by atoms with E-state index in [1.807, 2.05) is 13.0 Å². The Labute approximate surface area is 118 Å². The van der Waals surface area contributed by atoms with Crippen molar-refractivity contribution in [3.05, 3.63) is 45.7 Å². The smallest absolute Gasteiger partial charge is 0.391 e. The van der Waals surface area contributed by atoms with Crippen molar-refractivity contribution in [3.63, 3.8) is 0 Å². The quantitative estimate of drug-likeness (QED) is 0.919. The molecule has 0 saturated heterocycles. The number of aryl methyl sites for hydroxylation is 2. The summed E-state index contributed by atoms with van der Waals surface area (Å²) in [6, 6.07) is 5.30. The molecule has 0 fully saturated rings. The van der Waals surface area contributed by atoms with E-state index < -0.39 is 24.0 Å². The van der Waals surface area contributed by atoms with Crippen molar-refractivity contribution in [1.82, 2.24) is 9.78 Å². The molecule has 0 amide bonds. The molecule has 1 heterocycles. The highest BCUT2D eigenvalue weighted by atomic mass is 35.5. The molecule has 0 radical (unpaired) electrons. The van der Waals surface area contributed by atoms with Gasteiger partial charge in [0.2, 0.25) is 0 Å². The lowest BCUT2D eigenvalue weighted by Gasteiger charge is -2.08. The summed E-state index contributed by atoms with van der Waals surface area (Å²) in [6.07, 6.45) is -4.66. The molecule has 0 atom stereocenters. The molecule has 0 aliphatic carbocycles. The Morgan fingerprint density at radius 1 is 1.30 bits per heavy atom. The first kappa shape index (κ1) is 14.9. The minimum absolute atomic E-state index is 0.228. The van der Waals surface area contributed by atoms with Gasteiger partial charge in [0.1, 0.15) is 5.15 Å². The Kier molecular flexibility index (Phi) is 3.80. The van der Waals surface area contributed by atoms with E-state index in [0.29, 0.717) is 5.69 Å². The summed E-state index contributed by atoms with van der Waals surface area (Å²) in [6.45, 7) is 2.75. The van der Waals surface area contributed by atoms with Crippen LogP contribution in [0.2, 0.25) is 5.15 Å². The van der Waals surface area contributed by atoms with E-state index in [0.717, 1.165) is 15.8 Å². The highest BCUT2D eigenvalue weighted by Crippen LogP contribution is 2.36. The fourth-order valence-electron chi connectivity index (χ4n) is 1.90. The number of hydrogen-bond donors (Lipinski definition) is 1. The van der Waals surface area contributed by atoms with E-state index in [1.165, 1.54) is 0 Å². The lowest BCUT2D eigenvalue weighted by atomic mass is 10.1. The van der Waals surface area contributed by atoms with E-state index in [9.17, 15) is 13.2 Å². The molecule has 0 spiro atoms. The lowest BCUT2D eigenvalue weighted by Crippen LogP contribution is -2.10. The number of hydrogen-bond acceptors (Lipinski definition) is 2. The third kappa shape index (κ3) is 2.53. The predicted molar refractivity (Wildman–Crippen MR) is 69.0 cm³/mol.